The first kappa shape index (κ1) is 55.6. The Hall–Kier alpha value is -1.14. The van der Waals surface area contributed by atoms with Crippen LogP contribution < -0.4 is 0 Å². The molecule has 5 saturated heterocycles. The Balaban J connectivity index is 0.841. The van der Waals surface area contributed by atoms with E-state index in [4.69, 9.17) is 42.6 Å². The molecule has 13 N–H and O–H groups in total. The van der Waals surface area contributed by atoms with Crippen molar-refractivity contribution in [3.8, 4) is 0 Å². The van der Waals surface area contributed by atoms with E-state index in [0.717, 1.165) is 32.1 Å². The molecular formula is C50H82O22. The fourth-order valence-corrected chi connectivity index (χ4v) is 14.8. The van der Waals surface area contributed by atoms with E-state index in [1.807, 2.05) is 0 Å². The van der Waals surface area contributed by atoms with Crippen LogP contribution in [0.4, 0.5) is 0 Å². The summed E-state index contributed by atoms with van der Waals surface area (Å²) in [6.45, 7) is 8.73. The number of aliphatic hydroxyl groups excluding tert-OH is 12. The van der Waals surface area contributed by atoms with E-state index in [1.54, 1.807) is 0 Å². The van der Waals surface area contributed by atoms with Crippen molar-refractivity contribution in [2.45, 2.75) is 240 Å². The van der Waals surface area contributed by atoms with Crippen LogP contribution >= 0.6 is 0 Å². The molecule has 9 rings (SSSR count). The van der Waals surface area contributed by atoms with E-state index in [9.17, 15) is 66.4 Å². The van der Waals surface area contributed by atoms with Crippen molar-refractivity contribution in [1.29, 1.82) is 0 Å². The van der Waals surface area contributed by atoms with Crippen LogP contribution in [0, 0.1) is 40.4 Å². The molecule has 0 amide bonds. The highest BCUT2D eigenvalue weighted by Gasteiger charge is 2.68. The van der Waals surface area contributed by atoms with Crippen molar-refractivity contribution in [3.05, 3.63) is 11.6 Å². The van der Waals surface area contributed by atoms with E-state index < -0.39 is 148 Å². The second-order valence-corrected chi connectivity index (χ2v) is 23.2. The monoisotopic (exact) mass is 1030 g/mol. The normalized spacial score (nSPS) is 55.6. The highest BCUT2D eigenvalue weighted by Crippen LogP contribution is 2.70. The molecule has 72 heavy (non-hydrogen) atoms. The summed E-state index contributed by atoms with van der Waals surface area (Å²) >= 11 is 0. The number of aliphatic hydroxyl groups is 13. The van der Waals surface area contributed by atoms with E-state index in [2.05, 4.69) is 26.8 Å². The van der Waals surface area contributed by atoms with E-state index in [1.165, 1.54) is 19.4 Å². The first-order valence-electron chi connectivity index (χ1n) is 26.4. The molecule has 22 heteroatoms. The molecule has 0 bridgehead atoms. The van der Waals surface area contributed by atoms with Crippen LogP contribution in [0.15, 0.2) is 11.6 Å². The third-order valence-corrected chi connectivity index (χ3v) is 19.1. The summed E-state index contributed by atoms with van der Waals surface area (Å²) in [5.74, 6) is -0.101. The van der Waals surface area contributed by atoms with Gasteiger partial charge in [-0.2, -0.15) is 0 Å². The van der Waals surface area contributed by atoms with Gasteiger partial charge in [-0.1, -0.05) is 32.4 Å². The molecule has 4 aliphatic carbocycles. The predicted molar refractivity (Wildman–Crippen MR) is 244 cm³/mol. The summed E-state index contributed by atoms with van der Waals surface area (Å²) < 4.78 is 54.4. The van der Waals surface area contributed by atoms with Gasteiger partial charge in [-0.15, -0.1) is 0 Å². The molecule has 0 aromatic heterocycles. The predicted octanol–water partition coefficient (Wildman–Crippen LogP) is -2.23. The van der Waals surface area contributed by atoms with Crippen LogP contribution in [0.5, 0.6) is 0 Å². The fraction of sp³-hybridized carbons (Fsp3) is 0.960. The maximum absolute atomic E-state index is 12.0. The van der Waals surface area contributed by atoms with Gasteiger partial charge < -0.3 is 109 Å². The molecule has 3 saturated carbocycles. The number of fused-ring (bicyclic) bond motifs is 7. The number of hydrogen-bond acceptors (Lipinski definition) is 22. The van der Waals surface area contributed by atoms with Crippen molar-refractivity contribution in [2.24, 2.45) is 40.4 Å². The Morgan fingerprint density at radius 3 is 1.85 bits per heavy atom. The molecule has 5 heterocycles. The van der Waals surface area contributed by atoms with Crippen LogP contribution in [-0.2, 0) is 42.6 Å². The summed E-state index contributed by atoms with van der Waals surface area (Å²) in [6, 6.07) is 0. The molecule has 30 unspecified atom stereocenters. The lowest BCUT2D eigenvalue weighted by Crippen LogP contribution is -2.66. The molecule has 22 nitrogen and oxygen atoms in total. The van der Waals surface area contributed by atoms with Crippen LogP contribution in [0.2, 0.25) is 0 Å². The second-order valence-electron chi connectivity index (χ2n) is 23.2. The number of unbranched alkanes of at least 4 members (excludes halogenated alkanes) is 1. The Labute approximate surface area is 419 Å². The van der Waals surface area contributed by atoms with Gasteiger partial charge in [0.25, 0.3) is 0 Å². The average molecular weight is 1040 g/mol. The first-order valence-corrected chi connectivity index (χ1v) is 26.4. The lowest BCUT2D eigenvalue weighted by molar-refractivity contribution is -0.388. The Kier molecular flexibility index (Phi) is 16.7. The van der Waals surface area contributed by atoms with Gasteiger partial charge in [0.1, 0.15) is 85.5 Å². The molecule has 9 aliphatic rings. The maximum Gasteiger partial charge on any atom is 0.187 e. The molecule has 5 aliphatic heterocycles. The zero-order valence-electron chi connectivity index (χ0n) is 41.8. The number of rotatable bonds is 14. The first-order chi connectivity index (χ1) is 34.1. The van der Waals surface area contributed by atoms with Crippen molar-refractivity contribution in [2.75, 3.05) is 19.8 Å². The lowest BCUT2D eigenvalue weighted by atomic mass is 9.47. The minimum atomic E-state index is -1.75. The van der Waals surface area contributed by atoms with Gasteiger partial charge in [0, 0.05) is 18.9 Å². The Bertz CT molecular complexity index is 1860. The molecule has 414 valence electrons. The maximum atomic E-state index is 12.0. The van der Waals surface area contributed by atoms with Gasteiger partial charge in [0.15, 0.2) is 30.9 Å². The number of allylic oxidation sites excluding steroid dienone is 1. The molecule has 0 aromatic carbocycles. The lowest BCUT2D eigenvalue weighted by Gasteiger charge is -2.58. The van der Waals surface area contributed by atoms with E-state index >= 15 is 0 Å². The summed E-state index contributed by atoms with van der Waals surface area (Å²) in [6.07, 6.45) is -19.8. The van der Waals surface area contributed by atoms with Crippen molar-refractivity contribution in [3.63, 3.8) is 0 Å². The van der Waals surface area contributed by atoms with E-state index in [0.29, 0.717) is 49.9 Å². The summed E-state index contributed by atoms with van der Waals surface area (Å²) in [5.41, 5.74) is 1.08. The average Bonchev–Trinajstić information content (AvgIpc) is 3.79. The van der Waals surface area contributed by atoms with Crippen LogP contribution in [-0.4, -0.2) is 227 Å². The summed E-state index contributed by atoms with van der Waals surface area (Å²) in [5, 5.41) is 138. The van der Waals surface area contributed by atoms with Crippen molar-refractivity contribution in [1.82, 2.24) is 0 Å². The largest absolute Gasteiger partial charge is 0.394 e. The van der Waals surface area contributed by atoms with Crippen LogP contribution in [0.1, 0.15) is 98.8 Å². The molecule has 0 aromatic rings. The summed E-state index contributed by atoms with van der Waals surface area (Å²) in [7, 11) is 0. The Morgan fingerprint density at radius 1 is 0.611 bits per heavy atom. The van der Waals surface area contributed by atoms with Crippen molar-refractivity contribution >= 4 is 0 Å². The SMILES string of the molecule is CC1OC(OC2C(CO)OC(OC3CCC4(C)C(=CCC5C4CCC4(C)C5CC5OC(O)(CCCCOC6OC(CO)C(O)C(O)C6O)C(C)C54)C3)C(OC3OC(C)C(O)C(O)C3O)C2O)C(O)C(O)C1O. The smallest absolute Gasteiger partial charge is 0.187 e. The highest BCUT2D eigenvalue weighted by molar-refractivity contribution is 5.26. The highest BCUT2D eigenvalue weighted by atomic mass is 16.8. The van der Waals surface area contributed by atoms with Gasteiger partial charge in [-0.3, -0.25) is 0 Å². The zero-order valence-corrected chi connectivity index (χ0v) is 41.8. The zero-order chi connectivity index (χ0) is 51.9. The van der Waals surface area contributed by atoms with Gasteiger partial charge in [0.05, 0.1) is 37.6 Å². The van der Waals surface area contributed by atoms with E-state index in [-0.39, 0.29) is 35.4 Å². The van der Waals surface area contributed by atoms with Crippen LogP contribution in [0.25, 0.3) is 0 Å². The molecule has 0 spiro atoms. The summed E-state index contributed by atoms with van der Waals surface area (Å²) in [4.78, 5) is 0. The minimum absolute atomic E-state index is 0.0506. The standard InChI is InChI=1S/C50H82O22/c1-20-31-28(72-50(20,63)12-6-7-15-64-44-38(59)37(58)34(55)29(18-51)68-44)17-27-25-9-8-23-16-24(10-13-48(23,4)26(25)11-14-49(27,31)5)67-47-43(71-46-40(61)36(57)33(54)22(3)66-46)41(62)42(30(19-52)69-47)70-45-39(60)35(56)32(53)21(2)65-45/h8,20-22,24-47,51-63H,6-7,9-19H2,1-5H3. The third-order valence-electron chi connectivity index (χ3n) is 19.1. The van der Waals surface area contributed by atoms with Gasteiger partial charge in [-0.05, 0) is 106 Å². The topological polar surface area (TPSA) is 346 Å². The second kappa shape index (κ2) is 21.6. The molecule has 30 atom stereocenters. The quantitative estimate of drug-likeness (QED) is 0.0647. The minimum Gasteiger partial charge on any atom is -0.394 e. The number of ether oxygens (including phenoxy) is 9. The fourth-order valence-electron chi connectivity index (χ4n) is 14.8. The number of hydrogen-bond donors (Lipinski definition) is 13. The van der Waals surface area contributed by atoms with Crippen molar-refractivity contribution < 1.29 is 109 Å². The van der Waals surface area contributed by atoms with Gasteiger partial charge in [-0.25, -0.2) is 0 Å². The molecule has 0 radical (unpaired) electrons. The van der Waals surface area contributed by atoms with Gasteiger partial charge in [0.2, 0.25) is 0 Å². The van der Waals surface area contributed by atoms with Gasteiger partial charge >= 0.3 is 0 Å². The third kappa shape index (κ3) is 9.80. The Morgan fingerprint density at radius 2 is 1.21 bits per heavy atom. The van der Waals surface area contributed by atoms with Crippen LogP contribution in [0.3, 0.4) is 0 Å². The molecular weight excluding hydrogens is 953 g/mol. The molecule has 8 fully saturated rings.